The number of rotatable bonds is 5. The van der Waals surface area contributed by atoms with Crippen molar-refractivity contribution in [3.8, 4) is 0 Å². The minimum absolute atomic E-state index is 0.0403. The highest BCUT2D eigenvalue weighted by atomic mass is 16.5. The third kappa shape index (κ3) is 5.19. The molecule has 6 heteroatoms. The molecule has 0 radical (unpaired) electrons. The van der Waals surface area contributed by atoms with E-state index < -0.39 is 6.04 Å². The Hall–Kier alpha value is -1.30. The first-order valence-electron chi connectivity index (χ1n) is 7.73. The van der Waals surface area contributed by atoms with Gasteiger partial charge in [-0.1, -0.05) is 27.7 Å². The number of amides is 3. The molecular formula is C15H29N3O3. The third-order valence-corrected chi connectivity index (χ3v) is 3.71. The summed E-state index contributed by atoms with van der Waals surface area (Å²) in [6.07, 6.45) is 0.903. The Bertz CT molecular complexity index is 358. The maximum Gasteiger partial charge on any atom is 0.318 e. The lowest BCUT2D eigenvalue weighted by molar-refractivity contribution is -0.123. The van der Waals surface area contributed by atoms with Crippen molar-refractivity contribution >= 4 is 11.9 Å². The summed E-state index contributed by atoms with van der Waals surface area (Å²) in [6.45, 7) is 9.79. The summed E-state index contributed by atoms with van der Waals surface area (Å²) in [5.41, 5.74) is 0. The van der Waals surface area contributed by atoms with E-state index in [4.69, 9.17) is 4.74 Å². The molecule has 3 amide bonds. The van der Waals surface area contributed by atoms with E-state index in [1.807, 2.05) is 18.7 Å². The predicted molar refractivity (Wildman–Crippen MR) is 82.0 cm³/mol. The van der Waals surface area contributed by atoms with Crippen LogP contribution in [0.25, 0.3) is 0 Å². The molecule has 122 valence electrons. The van der Waals surface area contributed by atoms with Crippen molar-refractivity contribution < 1.29 is 14.3 Å². The number of morpholine rings is 1. The van der Waals surface area contributed by atoms with Gasteiger partial charge in [0.25, 0.3) is 0 Å². The minimum Gasteiger partial charge on any atom is -0.377 e. The number of nitrogens with zero attached hydrogens (tertiary/aromatic N) is 1. The zero-order valence-corrected chi connectivity index (χ0v) is 13.8. The van der Waals surface area contributed by atoms with Gasteiger partial charge in [-0.3, -0.25) is 4.79 Å². The molecule has 0 unspecified atom stereocenters. The number of carbonyl (C=O) groups excluding carboxylic acids is 2. The molecule has 0 saturated carbocycles. The van der Waals surface area contributed by atoms with Crippen LogP contribution in [0.3, 0.4) is 0 Å². The molecule has 2 N–H and O–H groups in total. The van der Waals surface area contributed by atoms with E-state index in [1.54, 1.807) is 7.05 Å². The summed E-state index contributed by atoms with van der Waals surface area (Å²) in [4.78, 5) is 26.2. The first-order valence-corrected chi connectivity index (χ1v) is 7.73. The van der Waals surface area contributed by atoms with Crippen LogP contribution in [0, 0.1) is 11.8 Å². The Morgan fingerprint density at radius 2 is 1.95 bits per heavy atom. The van der Waals surface area contributed by atoms with E-state index in [0.717, 1.165) is 6.42 Å². The highest BCUT2D eigenvalue weighted by Gasteiger charge is 2.31. The molecule has 0 aromatic rings. The summed E-state index contributed by atoms with van der Waals surface area (Å²) in [5, 5.41) is 5.46. The van der Waals surface area contributed by atoms with E-state index in [0.29, 0.717) is 25.7 Å². The maximum absolute atomic E-state index is 12.5. The fraction of sp³-hybridized carbons (Fsp3) is 0.867. The van der Waals surface area contributed by atoms with Crippen molar-refractivity contribution in [2.75, 3.05) is 26.8 Å². The van der Waals surface area contributed by atoms with Gasteiger partial charge in [-0.25, -0.2) is 4.79 Å². The number of likely N-dealkylation sites (N-methyl/N-ethyl adjacent to an activating group) is 1. The van der Waals surface area contributed by atoms with E-state index in [9.17, 15) is 9.59 Å². The first-order chi connectivity index (χ1) is 9.86. The molecule has 21 heavy (non-hydrogen) atoms. The van der Waals surface area contributed by atoms with Crippen molar-refractivity contribution in [1.82, 2.24) is 15.5 Å². The number of hydrogen-bond donors (Lipinski definition) is 2. The van der Waals surface area contributed by atoms with Gasteiger partial charge in [0.05, 0.1) is 19.3 Å². The van der Waals surface area contributed by atoms with Gasteiger partial charge >= 0.3 is 6.03 Å². The molecule has 0 aliphatic carbocycles. The van der Waals surface area contributed by atoms with Gasteiger partial charge in [0.1, 0.15) is 6.04 Å². The Morgan fingerprint density at radius 1 is 1.29 bits per heavy atom. The van der Waals surface area contributed by atoms with Crippen LogP contribution in [-0.2, 0) is 9.53 Å². The van der Waals surface area contributed by atoms with E-state index in [-0.39, 0.29) is 23.9 Å². The van der Waals surface area contributed by atoms with Crippen molar-refractivity contribution in [2.24, 2.45) is 11.8 Å². The number of hydrogen-bond acceptors (Lipinski definition) is 3. The molecule has 6 nitrogen and oxygen atoms in total. The maximum atomic E-state index is 12.5. The zero-order valence-electron chi connectivity index (χ0n) is 13.8. The molecule has 1 aliphatic heterocycles. The summed E-state index contributed by atoms with van der Waals surface area (Å²) in [7, 11) is 1.58. The lowest BCUT2D eigenvalue weighted by Crippen LogP contribution is -2.58. The topological polar surface area (TPSA) is 70.7 Å². The number of carbonyl (C=O) groups is 2. The van der Waals surface area contributed by atoms with Crippen molar-refractivity contribution in [3.05, 3.63) is 0 Å². The molecule has 0 spiro atoms. The van der Waals surface area contributed by atoms with Crippen LogP contribution < -0.4 is 10.6 Å². The van der Waals surface area contributed by atoms with Gasteiger partial charge in [0.15, 0.2) is 0 Å². The molecule has 0 bridgehead atoms. The smallest absolute Gasteiger partial charge is 0.318 e. The van der Waals surface area contributed by atoms with Crippen molar-refractivity contribution in [1.29, 1.82) is 0 Å². The minimum atomic E-state index is -0.509. The second kappa shape index (κ2) is 8.22. The molecule has 1 heterocycles. The molecule has 0 aromatic heterocycles. The van der Waals surface area contributed by atoms with Crippen molar-refractivity contribution in [2.45, 2.75) is 46.2 Å². The van der Waals surface area contributed by atoms with Crippen LogP contribution in [0.2, 0.25) is 0 Å². The normalized spacial score (nSPS) is 20.5. The highest BCUT2D eigenvalue weighted by molar-refractivity contribution is 5.87. The second-order valence-electron chi connectivity index (χ2n) is 6.34. The third-order valence-electron chi connectivity index (χ3n) is 3.71. The molecule has 2 atom stereocenters. The van der Waals surface area contributed by atoms with E-state index in [1.165, 1.54) is 0 Å². The number of urea groups is 1. The first kappa shape index (κ1) is 17.8. The van der Waals surface area contributed by atoms with Gasteiger partial charge in [-0.15, -0.1) is 0 Å². The van der Waals surface area contributed by atoms with Crippen LogP contribution >= 0.6 is 0 Å². The van der Waals surface area contributed by atoms with Gasteiger partial charge < -0.3 is 20.3 Å². The molecule has 0 aromatic carbocycles. The lowest BCUT2D eigenvalue weighted by atomic mass is 10.0. The van der Waals surface area contributed by atoms with Crippen LogP contribution in [0.1, 0.15) is 34.1 Å². The van der Waals surface area contributed by atoms with Crippen LogP contribution in [-0.4, -0.2) is 55.7 Å². The summed E-state index contributed by atoms with van der Waals surface area (Å²) in [6, 6.07) is -0.604. The molecule has 1 fully saturated rings. The van der Waals surface area contributed by atoms with Crippen LogP contribution in [0.15, 0.2) is 0 Å². The van der Waals surface area contributed by atoms with Crippen LogP contribution in [0.5, 0.6) is 0 Å². The molecule has 1 aliphatic rings. The monoisotopic (exact) mass is 299 g/mol. The fourth-order valence-electron chi connectivity index (χ4n) is 2.57. The lowest BCUT2D eigenvalue weighted by Gasteiger charge is -2.37. The summed E-state index contributed by atoms with van der Waals surface area (Å²) >= 11 is 0. The average molecular weight is 299 g/mol. The highest BCUT2D eigenvalue weighted by Crippen LogP contribution is 2.16. The van der Waals surface area contributed by atoms with Gasteiger partial charge in [-0.2, -0.15) is 0 Å². The quantitative estimate of drug-likeness (QED) is 0.802. The Labute approximate surface area is 127 Å². The fourth-order valence-corrected chi connectivity index (χ4v) is 2.57. The molecule has 1 rings (SSSR count). The summed E-state index contributed by atoms with van der Waals surface area (Å²) < 4.78 is 5.48. The van der Waals surface area contributed by atoms with Crippen molar-refractivity contribution in [3.63, 3.8) is 0 Å². The Morgan fingerprint density at radius 3 is 2.48 bits per heavy atom. The second-order valence-corrected chi connectivity index (χ2v) is 6.34. The Balaban J connectivity index is 2.72. The SMILES string of the molecule is CNC(=O)[C@@H](NC(=O)N1CCOC[C@@H]1CC(C)C)C(C)C. The van der Waals surface area contributed by atoms with Gasteiger partial charge in [0, 0.05) is 13.6 Å². The van der Waals surface area contributed by atoms with Crippen LogP contribution in [0.4, 0.5) is 4.79 Å². The molecule has 1 saturated heterocycles. The van der Waals surface area contributed by atoms with Gasteiger partial charge in [-0.05, 0) is 18.3 Å². The zero-order chi connectivity index (χ0) is 16.0. The molecular weight excluding hydrogens is 270 g/mol. The van der Waals surface area contributed by atoms with E-state index >= 15 is 0 Å². The standard InChI is InChI=1S/C15H29N3O3/c1-10(2)8-12-9-21-7-6-18(12)15(20)17-13(11(3)4)14(19)16-5/h10-13H,6-9H2,1-5H3,(H,16,19)(H,17,20)/t12-,13-/m0/s1. The Kier molecular flexibility index (Phi) is 6.95. The largest absolute Gasteiger partial charge is 0.377 e. The number of nitrogens with one attached hydrogen (secondary N) is 2. The van der Waals surface area contributed by atoms with E-state index in [2.05, 4.69) is 24.5 Å². The average Bonchev–Trinajstić information content (AvgIpc) is 2.43. The summed E-state index contributed by atoms with van der Waals surface area (Å²) in [5.74, 6) is 0.373. The number of ether oxygens (including phenoxy) is 1. The van der Waals surface area contributed by atoms with Gasteiger partial charge in [0.2, 0.25) is 5.91 Å². The predicted octanol–water partition coefficient (Wildman–Crippen LogP) is 1.21.